The quantitative estimate of drug-likeness (QED) is 0.140. The summed E-state index contributed by atoms with van der Waals surface area (Å²) in [5.74, 6) is -4.03. The van der Waals surface area contributed by atoms with E-state index in [1.54, 1.807) is 59.9 Å². The molecule has 8 nitrogen and oxygen atoms in total. The average molecular weight is 708 g/mol. The number of ether oxygens (including phenoxy) is 2. The molecule has 0 spiro atoms. The zero-order valence-corrected chi connectivity index (χ0v) is 30.0. The molecule has 0 fully saturated rings. The molecule has 0 saturated carbocycles. The molecule has 2 atom stereocenters. The summed E-state index contributed by atoms with van der Waals surface area (Å²) in [6, 6.07) is 3.99. The number of carbonyl (C=O) groups excluding carboxylic acids is 2. The van der Waals surface area contributed by atoms with Crippen LogP contribution < -0.4 is 15.6 Å². The van der Waals surface area contributed by atoms with Gasteiger partial charge in [-0.3, -0.25) is 14.4 Å². The van der Waals surface area contributed by atoms with Gasteiger partial charge >= 0.3 is 12.1 Å². The lowest BCUT2D eigenvalue weighted by molar-refractivity contribution is -0.144. The van der Waals surface area contributed by atoms with E-state index in [1.165, 1.54) is 6.07 Å². The zero-order valence-electron chi connectivity index (χ0n) is 30.0. The Morgan fingerprint density at radius 1 is 0.980 bits per heavy atom. The number of rotatable bonds is 14. The third-order valence-corrected chi connectivity index (χ3v) is 8.38. The molecular weight excluding hydrogens is 661 g/mol. The molecule has 13 heteroatoms. The smallest absolute Gasteiger partial charge is 0.419 e. The van der Waals surface area contributed by atoms with Gasteiger partial charge < -0.3 is 24.3 Å². The largest absolute Gasteiger partial charge is 0.497 e. The van der Waals surface area contributed by atoms with Gasteiger partial charge in [0.25, 0.3) is 5.56 Å². The van der Waals surface area contributed by atoms with Crippen LogP contribution in [0.25, 0.3) is 11.1 Å². The second kappa shape index (κ2) is 16.6. The molecule has 0 radical (unpaired) electrons. The van der Waals surface area contributed by atoms with Gasteiger partial charge in [-0.2, -0.15) is 13.2 Å². The molecule has 0 saturated heterocycles. The molecule has 3 aromatic rings. The third kappa shape index (κ3) is 9.49. The number of halogens is 5. The maximum absolute atomic E-state index is 16.0. The summed E-state index contributed by atoms with van der Waals surface area (Å²) in [6.07, 6.45) is -5.13. The van der Waals surface area contributed by atoms with Gasteiger partial charge in [-0.25, -0.2) is 8.78 Å². The van der Waals surface area contributed by atoms with Crippen LogP contribution in [0.3, 0.4) is 0 Å². The van der Waals surface area contributed by atoms with Crippen LogP contribution in [0.1, 0.15) is 79.1 Å². The molecule has 0 aliphatic rings. The Hall–Kier alpha value is -4.26. The van der Waals surface area contributed by atoms with Crippen molar-refractivity contribution < 1.29 is 41.0 Å². The van der Waals surface area contributed by atoms with Crippen molar-refractivity contribution in [3.05, 3.63) is 85.8 Å². The minimum atomic E-state index is -5.16. The molecule has 3 rings (SSSR count). The molecule has 1 aromatic heterocycles. The molecule has 0 aliphatic heterocycles. The number of hydrogen-bond acceptors (Lipinski definition) is 6. The van der Waals surface area contributed by atoms with Crippen molar-refractivity contribution in [2.45, 2.75) is 79.1 Å². The van der Waals surface area contributed by atoms with Crippen molar-refractivity contribution in [3.63, 3.8) is 0 Å². The van der Waals surface area contributed by atoms with E-state index in [2.05, 4.69) is 5.32 Å². The minimum absolute atomic E-state index is 0.0111. The predicted molar refractivity (Wildman–Crippen MR) is 181 cm³/mol. The van der Waals surface area contributed by atoms with Gasteiger partial charge in [0.05, 0.1) is 26.2 Å². The van der Waals surface area contributed by atoms with E-state index >= 15 is 8.78 Å². The standard InChI is InChI=1S/C37H46F5N3O5/c1-10-50-30(46)18-28(27-17-25(14-23(6)33(27)38)31-21(4)15-26(49-9)16-22(31)5)43-35(47)29(13-20(2)3)45-19-24(11-12-44(7)8)32(37(40,41)42)34(39)36(45)48/h14-17,19-20,28-29H,10-13,18H2,1-9H3,(H,43,47)/t28-,29?/m0/s1. The number of methoxy groups -OCH3 is 1. The first kappa shape index (κ1) is 40.2. The topological polar surface area (TPSA) is 89.9 Å². The number of aryl methyl sites for hydroxylation is 3. The number of esters is 1. The number of likely N-dealkylation sites (N-methyl/N-ethyl adjacent to an activating group) is 1. The Bertz CT molecular complexity index is 1740. The van der Waals surface area contributed by atoms with Crippen LogP contribution in [0, 0.1) is 38.3 Å². The number of alkyl halides is 3. The third-order valence-electron chi connectivity index (χ3n) is 8.38. The average Bonchev–Trinajstić information content (AvgIpc) is 3.00. The Balaban J connectivity index is 2.22. The number of carbonyl (C=O) groups is 2. The fourth-order valence-corrected chi connectivity index (χ4v) is 6.10. The van der Waals surface area contributed by atoms with Gasteiger partial charge in [0.15, 0.2) is 0 Å². The summed E-state index contributed by atoms with van der Waals surface area (Å²) in [7, 11) is 4.80. The van der Waals surface area contributed by atoms with Crippen molar-refractivity contribution in [2.24, 2.45) is 5.92 Å². The van der Waals surface area contributed by atoms with Crippen molar-refractivity contribution in [1.29, 1.82) is 0 Å². The number of benzene rings is 2. The molecule has 1 heterocycles. The van der Waals surface area contributed by atoms with Gasteiger partial charge in [-0.15, -0.1) is 0 Å². The van der Waals surface area contributed by atoms with E-state index in [0.29, 0.717) is 15.9 Å². The summed E-state index contributed by atoms with van der Waals surface area (Å²) in [5.41, 5.74) is -0.571. The summed E-state index contributed by atoms with van der Waals surface area (Å²) < 4.78 is 84.6. The molecule has 2 aromatic carbocycles. The molecule has 1 amide bonds. The highest BCUT2D eigenvalue weighted by Gasteiger charge is 2.40. The van der Waals surface area contributed by atoms with Crippen LogP contribution in [-0.4, -0.2) is 55.7 Å². The molecule has 0 bridgehead atoms. The number of pyridine rings is 1. The second-order valence-electron chi connectivity index (χ2n) is 13.2. The molecule has 0 aliphatic carbocycles. The first-order valence-electron chi connectivity index (χ1n) is 16.4. The highest BCUT2D eigenvalue weighted by atomic mass is 19.4. The van der Waals surface area contributed by atoms with Crippen LogP contribution in [0.15, 0.2) is 35.3 Å². The van der Waals surface area contributed by atoms with Crippen LogP contribution in [-0.2, 0) is 26.9 Å². The Labute approximate surface area is 289 Å². The first-order valence-corrected chi connectivity index (χ1v) is 16.4. The van der Waals surface area contributed by atoms with Crippen molar-refractivity contribution in [1.82, 2.24) is 14.8 Å². The Kier molecular flexibility index (Phi) is 13.4. The highest BCUT2D eigenvalue weighted by Crippen LogP contribution is 2.37. The van der Waals surface area contributed by atoms with Crippen LogP contribution in [0.5, 0.6) is 5.75 Å². The number of aromatic nitrogens is 1. The highest BCUT2D eigenvalue weighted by molar-refractivity contribution is 5.82. The number of amides is 1. The fraction of sp³-hybridized carbons (Fsp3) is 0.486. The monoisotopic (exact) mass is 707 g/mol. The number of nitrogens with zero attached hydrogens (tertiary/aromatic N) is 2. The zero-order chi connectivity index (χ0) is 37.7. The van der Waals surface area contributed by atoms with Gasteiger partial charge in [0, 0.05) is 18.3 Å². The summed E-state index contributed by atoms with van der Waals surface area (Å²) in [5, 5.41) is 2.67. The molecule has 50 heavy (non-hydrogen) atoms. The van der Waals surface area contributed by atoms with Gasteiger partial charge in [-0.05, 0) is 118 Å². The predicted octanol–water partition coefficient (Wildman–Crippen LogP) is 7.25. The van der Waals surface area contributed by atoms with Gasteiger partial charge in [0.2, 0.25) is 11.7 Å². The van der Waals surface area contributed by atoms with E-state index in [9.17, 15) is 27.6 Å². The molecule has 1 unspecified atom stereocenters. The van der Waals surface area contributed by atoms with E-state index < -0.39 is 64.9 Å². The number of hydrogen-bond donors (Lipinski definition) is 1. The van der Waals surface area contributed by atoms with Gasteiger partial charge in [0.1, 0.15) is 23.2 Å². The summed E-state index contributed by atoms with van der Waals surface area (Å²) in [4.78, 5) is 41.8. The van der Waals surface area contributed by atoms with E-state index in [-0.39, 0.29) is 43.0 Å². The Morgan fingerprint density at radius 2 is 1.60 bits per heavy atom. The summed E-state index contributed by atoms with van der Waals surface area (Å²) >= 11 is 0. The SMILES string of the molecule is CCOC(=O)C[C@H](NC(=O)C(CC(C)C)n1cc(CCN(C)C)c(C(F)(F)F)c(F)c1=O)c1cc(-c2c(C)cc(OC)cc2C)cc(C)c1F. The van der Waals surface area contributed by atoms with Crippen molar-refractivity contribution >= 4 is 11.9 Å². The summed E-state index contributed by atoms with van der Waals surface area (Å²) in [6.45, 7) is 10.4. The lowest BCUT2D eigenvalue weighted by Gasteiger charge is -2.27. The fourth-order valence-electron chi connectivity index (χ4n) is 6.10. The number of nitrogens with one attached hydrogen (secondary N) is 1. The van der Waals surface area contributed by atoms with Crippen LogP contribution >= 0.6 is 0 Å². The first-order chi connectivity index (χ1) is 23.3. The van der Waals surface area contributed by atoms with E-state index in [0.717, 1.165) is 22.9 Å². The second-order valence-corrected chi connectivity index (χ2v) is 13.2. The molecule has 1 N–H and O–H groups in total. The van der Waals surface area contributed by atoms with E-state index in [1.807, 2.05) is 26.0 Å². The molecule has 274 valence electrons. The van der Waals surface area contributed by atoms with Gasteiger partial charge in [-0.1, -0.05) is 13.8 Å². The van der Waals surface area contributed by atoms with E-state index in [4.69, 9.17) is 9.47 Å². The van der Waals surface area contributed by atoms with Crippen molar-refractivity contribution in [3.8, 4) is 16.9 Å². The normalized spacial score (nSPS) is 13.0. The molecular formula is C37H46F5N3O5. The Morgan fingerprint density at radius 3 is 2.12 bits per heavy atom. The van der Waals surface area contributed by atoms with Crippen LogP contribution in [0.4, 0.5) is 22.0 Å². The maximum atomic E-state index is 16.0. The minimum Gasteiger partial charge on any atom is -0.497 e. The van der Waals surface area contributed by atoms with Crippen LogP contribution in [0.2, 0.25) is 0 Å². The maximum Gasteiger partial charge on any atom is 0.419 e. The lowest BCUT2D eigenvalue weighted by atomic mass is 9.90. The lowest BCUT2D eigenvalue weighted by Crippen LogP contribution is -2.42. The van der Waals surface area contributed by atoms with Crippen molar-refractivity contribution in [2.75, 3.05) is 34.4 Å².